The van der Waals surface area contributed by atoms with Crippen LogP contribution in [0.4, 0.5) is 5.69 Å². The summed E-state index contributed by atoms with van der Waals surface area (Å²) in [6, 6.07) is 5.52. The van der Waals surface area contributed by atoms with Crippen molar-refractivity contribution in [1.82, 2.24) is 5.48 Å². The van der Waals surface area contributed by atoms with Gasteiger partial charge in [-0.2, -0.15) is 0 Å². The van der Waals surface area contributed by atoms with Gasteiger partial charge in [0, 0.05) is 24.6 Å². The third-order valence-corrected chi connectivity index (χ3v) is 1.64. The predicted molar refractivity (Wildman–Crippen MR) is 58.7 cm³/mol. The van der Waals surface area contributed by atoms with Gasteiger partial charge >= 0.3 is 0 Å². The standard InChI is InChI=1S/C8H7NO3.C2H5NO2/c1-6(10)7-2-4-8(5-3-7)9(11)12;1-2(4)3-5/h2-5H,1H3;5H,1H3,(H,3,4). The van der Waals surface area contributed by atoms with E-state index in [-0.39, 0.29) is 11.5 Å². The van der Waals surface area contributed by atoms with Crippen molar-refractivity contribution in [2.45, 2.75) is 13.8 Å². The summed E-state index contributed by atoms with van der Waals surface area (Å²) in [5.74, 6) is -0.533. The van der Waals surface area contributed by atoms with E-state index in [9.17, 15) is 19.7 Å². The summed E-state index contributed by atoms with van der Waals surface area (Å²) in [6.07, 6.45) is 0. The Balaban J connectivity index is 0.000000437. The van der Waals surface area contributed by atoms with Crippen molar-refractivity contribution in [3.05, 3.63) is 39.9 Å². The first-order valence-electron chi connectivity index (χ1n) is 4.54. The summed E-state index contributed by atoms with van der Waals surface area (Å²) in [5, 5.41) is 17.7. The van der Waals surface area contributed by atoms with Gasteiger partial charge in [-0.25, -0.2) is 5.48 Å². The Kier molecular flexibility index (Phi) is 6.12. The fraction of sp³-hybridized carbons (Fsp3) is 0.200. The molecule has 0 saturated heterocycles. The zero-order valence-electron chi connectivity index (χ0n) is 9.34. The van der Waals surface area contributed by atoms with E-state index in [1.807, 2.05) is 0 Å². The molecule has 0 fully saturated rings. The number of hydroxylamine groups is 1. The quantitative estimate of drug-likeness (QED) is 0.350. The van der Waals surface area contributed by atoms with Gasteiger partial charge in [0.2, 0.25) is 5.91 Å². The molecular weight excluding hydrogens is 228 g/mol. The zero-order valence-corrected chi connectivity index (χ0v) is 9.34. The molecule has 0 spiro atoms. The Bertz CT molecular complexity index is 380. The largest absolute Gasteiger partial charge is 0.295 e. The van der Waals surface area contributed by atoms with E-state index < -0.39 is 10.8 Å². The fourth-order valence-electron chi connectivity index (χ4n) is 0.818. The van der Waals surface area contributed by atoms with E-state index in [1.165, 1.54) is 43.6 Å². The summed E-state index contributed by atoms with van der Waals surface area (Å²) >= 11 is 0. The lowest BCUT2D eigenvalue weighted by atomic mass is 10.1. The van der Waals surface area contributed by atoms with Crippen LogP contribution in [0.3, 0.4) is 0 Å². The van der Waals surface area contributed by atoms with Crippen LogP contribution < -0.4 is 5.48 Å². The normalized spacial score (nSPS) is 8.65. The Labute approximate surface area is 97.2 Å². The van der Waals surface area contributed by atoms with Gasteiger partial charge in [-0.1, -0.05) is 0 Å². The second kappa shape index (κ2) is 7.07. The highest BCUT2D eigenvalue weighted by Crippen LogP contribution is 2.11. The monoisotopic (exact) mass is 240 g/mol. The van der Waals surface area contributed by atoms with Gasteiger partial charge in [-0.15, -0.1) is 0 Å². The van der Waals surface area contributed by atoms with Gasteiger partial charge in [-0.05, 0) is 19.1 Å². The number of nitro groups is 1. The van der Waals surface area contributed by atoms with Crippen molar-refractivity contribution in [2.24, 2.45) is 0 Å². The van der Waals surface area contributed by atoms with Crippen LogP contribution in [0.15, 0.2) is 24.3 Å². The molecule has 17 heavy (non-hydrogen) atoms. The van der Waals surface area contributed by atoms with Gasteiger partial charge in [0.15, 0.2) is 5.78 Å². The summed E-state index contributed by atoms with van der Waals surface area (Å²) in [6.45, 7) is 2.64. The molecule has 0 bridgehead atoms. The minimum Gasteiger partial charge on any atom is -0.295 e. The topological polar surface area (TPSA) is 110 Å². The fourth-order valence-corrected chi connectivity index (χ4v) is 0.818. The van der Waals surface area contributed by atoms with Gasteiger partial charge in [-0.3, -0.25) is 24.9 Å². The first-order chi connectivity index (χ1) is 7.88. The Morgan fingerprint density at radius 1 is 1.24 bits per heavy atom. The highest BCUT2D eigenvalue weighted by molar-refractivity contribution is 5.94. The molecule has 0 aliphatic rings. The van der Waals surface area contributed by atoms with Gasteiger partial charge < -0.3 is 0 Å². The Morgan fingerprint density at radius 2 is 1.65 bits per heavy atom. The van der Waals surface area contributed by atoms with Gasteiger partial charge in [0.1, 0.15) is 0 Å². The number of amides is 1. The first-order valence-corrected chi connectivity index (χ1v) is 4.54. The lowest BCUT2D eigenvalue weighted by Crippen LogP contribution is -2.12. The number of nitro benzene ring substituents is 1. The molecule has 0 unspecified atom stereocenters. The van der Waals surface area contributed by atoms with Crippen LogP contribution in [0.5, 0.6) is 0 Å². The molecule has 0 heterocycles. The molecule has 1 rings (SSSR count). The number of nitrogens with one attached hydrogen (secondary N) is 1. The van der Waals surface area contributed by atoms with Crippen molar-refractivity contribution >= 4 is 17.4 Å². The molecule has 7 heteroatoms. The molecule has 92 valence electrons. The van der Waals surface area contributed by atoms with Crippen molar-refractivity contribution in [2.75, 3.05) is 0 Å². The number of hydrogen-bond donors (Lipinski definition) is 2. The molecule has 2 N–H and O–H groups in total. The van der Waals surface area contributed by atoms with E-state index in [0.717, 1.165) is 0 Å². The molecule has 0 saturated carbocycles. The van der Waals surface area contributed by atoms with E-state index in [4.69, 9.17) is 5.21 Å². The summed E-state index contributed by atoms with van der Waals surface area (Å²) in [4.78, 5) is 29.9. The minimum absolute atomic E-state index is 0.000000000000000222. The van der Waals surface area contributed by atoms with Crippen LogP contribution >= 0.6 is 0 Å². The van der Waals surface area contributed by atoms with Crippen LogP contribution in [0.2, 0.25) is 0 Å². The second-order valence-corrected chi connectivity index (χ2v) is 3.03. The van der Waals surface area contributed by atoms with Crippen molar-refractivity contribution in [1.29, 1.82) is 0 Å². The number of Topliss-reactive ketones (excluding diaryl/α,β-unsaturated/α-hetero) is 1. The highest BCUT2D eigenvalue weighted by Gasteiger charge is 2.05. The first kappa shape index (κ1) is 14.7. The van der Waals surface area contributed by atoms with E-state index in [2.05, 4.69) is 0 Å². The molecule has 1 aromatic rings. The summed E-state index contributed by atoms with van der Waals surface area (Å²) < 4.78 is 0. The lowest BCUT2D eigenvalue weighted by molar-refractivity contribution is -0.384. The lowest BCUT2D eigenvalue weighted by Gasteiger charge is -1.93. The molecule has 0 aliphatic heterocycles. The Hall–Kier alpha value is -2.28. The summed E-state index contributed by atoms with van der Waals surface area (Å²) in [7, 11) is 0. The molecule has 1 amide bonds. The van der Waals surface area contributed by atoms with E-state index in [1.54, 1.807) is 0 Å². The van der Waals surface area contributed by atoms with Crippen LogP contribution in [-0.2, 0) is 4.79 Å². The Morgan fingerprint density at radius 3 is 1.88 bits per heavy atom. The molecule has 0 aliphatic carbocycles. The van der Waals surface area contributed by atoms with Gasteiger partial charge in [0.05, 0.1) is 4.92 Å². The summed E-state index contributed by atoms with van der Waals surface area (Å²) in [5.41, 5.74) is 1.88. The SMILES string of the molecule is CC(=O)NO.CC(=O)c1ccc([N+](=O)[O-])cc1. The number of nitrogens with zero attached hydrogens (tertiary/aromatic N) is 1. The molecule has 0 aromatic heterocycles. The molecular formula is C10H12N2O5. The predicted octanol–water partition coefficient (Wildman–Crippen LogP) is 1.31. The third kappa shape index (κ3) is 6.00. The van der Waals surface area contributed by atoms with Crippen LogP contribution in [0.1, 0.15) is 24.2 Å². The van der Waals surface area contributed by atoms with Crippen LogP contribution in [0.25, 0.3) is 0 Å². The molecule has 1 aromatic carbocycles. The number of rotatable bonds is 2. The maximum Gasteiger partial charge on any atom is 0.269 e. The van der Waals surface area contributed by atoms with E-state index in [0.29, 0.717) is 5.56 Å². The number of benzene rings is 1. The maximum absolute atomic E-state index is 10.8. The maximum atomic E-state index is 10.8. The number of hydrogen-bond acceptors (Lipinski definition) is 5. The molecule has 7 nitrogen and oxygen atoms in total. The number of non-ortho nitro benzene ring substituents is 1. The average molecular weight is 240 g/mol. The number of carbonyl (C=O) groups excluding carboxylic acids is 2. The average Bonchev–Trinajstić information content (AvgIpc) is 2.29. The number of carbonyl (C=O) groups is 2. The smallest absolute Gasteiger partial charge is 0.269 e. The highest BCUT2D eigenvalue weighted by atomic mass is 16.6. The van der Waals surface area contributed by atoms with Gasteiger partial charge in [0.25, 0.3) is 5.69 Å². The zero-order chi connectivity index (χ0) is 13.4. The molecule has 0 radical (unpaired) electrons. The number of ketones is 1. The van der Waals surface area contributed by atoms with Crippen molar-refractivity contribution in [3.63, 3.8) is 0 Å². The molecule has 0 atom stereocenters. The van der Waals surface area contributed by atoms with Crippen molar-refractivity contribution < 1.29 is 19.7 Å². The third-order valence-electron chi connectivity index (χ3n) is 1.64. The van der Waals surface area contributed by atoms with E-state index >= 15 is 0 Å². The minimum atomic E-state index is -0.496. The van der Waals surface area contributed by atoms with Crippen molar-refractivity contribution in [3.8, 4) is 0 Å². The van der Waals surface area contributed by atoms with Crippen LogP contribution in [0, 0.1) is 10.1 Å². The van der Waals surface area contributed by atoms with Crippen LogP contribution in [-0.4, -0.2) is 21.8 Å². The second-order valence-electron chi connectivity index (χ2n) is 3.03.